The van der Waals surface area contributed by atoms with Crippen LogP contribution < -0.4 is 11.1 Å². The van der Waals surface area contributed by atoms with Crippen LogP contribution in [0.5, 0.6) is 0 Å². The molecule has 15 heavy (non-hydrogen) atoms. The highest BCUT2D eigenvalue weighted by molar-refractivity contribution is 7.98. The van der Waals surface area contributed by atoms with Crippen LogP contribution in [-0.4, -0.2) is 30.0 Å². The van der Waals surface area contributed by atoms with Crippen LogP contribution in [0, 0.1) is 5.92 Å². The Morgan fingerprint density at radius 2 is 2.27 bits per heavy atom. The predicted octanol–water partition coefficient (Wildman–Crippen LogP) is 1.37. The Morgan fingerprint density at radius 1 is 1.60 bits per heavy atom. The second kappa shape index (κ2) is 6.38. The van der Waals surface area contributed by atoms with Crippen LogP contribution in [0.2, 0.25) is 0 Å². The molecule has 1 aliphatic carbocycles. The fraction of sp³-hybridized carbons (Fsp3) is 0.909. The molecule has 88 valence electrons. The van der Waals surface area contributed by atoms with Crippen molar-refractivity contribution >= 4 is 17.7 Å². The predicted molar refractivity (Wildman–Crippen MR) is 65.9 cm³/mol. The summed E-state index contributed by atoms with van der Waals surface area (Å²) in [5.41, 5.74) is 5.90. The fourth-order valence-corrected chi connectivity index (χ4v) is 2.38. The van der Waals surface area contributed by atoms with Gasteiger partial charge in [0.1, 0.15) is 0 Å². The van der Waals surface area contributed by atoms with Crippen LogP contribution in [-0.2, 0) is 4.79 Å². The molecular weight excluding hydrogens is 208 g/mol. The maximum absolute atomic E-state index is 11.6. The third-order valence-corrected chi connectivity index (χ3v) is 3.61. The first-order chi connectivity index (χ1) is 7.17. The van der Waals surface area contributed by atoms with Crippen LogP contribution in [0.25, 0.3) is 0 Å². The minimum absolute atomic E-state index is 0.0804. The highest BCUT2D eigenvalue weighted by Crippen LogP contribution is 2.32. The molecule has 0 aliphatic heterocycles. The summed E-state index contributed by atoms with van der Waals surface area (Å²) in [6.07, 6.45) is 5.96. The maximum atomic E-state index is 11.6. The molecule has 2 unspecified atom stereocenters. The third kappa shape index (κ3) is 4.89. The molecule has 0 saturated heterocycles. The Labute approximate surface area is 96.6 Å². The molecule has 0 aromatic rings. The zero-order valence-electron chi connectivity index (χ0n) is 9.66. The Morgan fingerprint density at radius 3 is 2.73 bits per heavy atom. The summed E-state index contributed by atoms with van der Waals surface area (Å²) < 4.78 is 0. The van der Waals surface area contributed by atoms with Crippen LogP contribution in [0.3, 0.4) is 0 Å². The number of hydrogen-bond acceptors (Lipinski definition) is 3. The van der Waals surface area contributed by atoms with E-state index in [1.807, 2.05) is 0 Å². The van der Waals surface area contributed by atoms with E-state index < -0.39 is 0 Å². The molecule has 2 atom stereocenters. The van der Waals surface area contributed by atoms with Crippen molar-refractivity contribution < 1.29 is 4.79 Å². The van der Waals surface area contributed by atoms with Crippen LogP contribution in [0.1, 0.15) is 32.6 Å². The van der Waals surface area contributed by atoms with Gasteiger partial charge in [-0.15, -0.1) is 0 Å². The molecule has 0 heterocycles. The van der Waals surface area contributed by atoms with Crippen molar-refractivity contribution in [1.82, 2.24) is 5.32 Å². The second-order valence-electron chi connectivity index (χ2n) is 4.33. The summed E-state index contributed by atoms with van der Waals surface area (Å²) in [6.45, 7) is 2.10. The van der Waals surface area contributed by atoms with Gasteiger partial charge in [-0.3, -0.25) is 4.79 Å². The van der Waals surface area contributed by atoms with Gasteiger partial charge in [-0.2, -0.15) is 11.8 Å². The van der Waals surface area contributed by atoms with Gasteiger partial charge in [0.2, 0.25) is 5.91 Å². The van der Waals surface area contributed by atoms with Crippen molar-refractivity contribution in [2.75, 3.05) is 12.0 Å². The van der Waals surface area contributed by atoms with Gasteiger partial charge in [0.25, 0.3) is 0 Å². The first kappa shape index (κ1) is 12.8. The van der Waals surface area contributed by atoms with Crippen molar-refractivity contribution in [3.05, 3.63) is 0 Å². The second-order valence-corrected chi connectivity index (χ2v) is 5.24. The van der Waals surface area contributed by atoms with Crippen molar-refractivity contribution in [3.8, 4) is 0 Å². The summed E-state index contributed by atoms with van der Waals surface area (Å²) >= 11 is 1.77. The molecule has 1 saturated carbocycles. The molecule has 1 fully saturated rings. The Balaban J connectivity index is 2.20. The summed E-state index contributed by atoms with van der Waals surface area (Å²) in [6, 6.07) is 0.385. The molecule has 0 bridgehead atoms. The lowest BCUT2D eigenvalue weighted by molar-refractivity contribution is -0.122. The van der Waals surface area contributed by atoms with E-state index >= 15 is 0 Å². The first-order valence-corrected chi connectivity index (χ1v) is 7.10. The van der Waals surface area contributed by atoms with E-state index in [-0.39, 0.29) is 11.9 Å². The Bertz CT molecular complexity index is 207. The van der Waals surface area contributed by atoms with Crippen LogP contribution in [0.4, 0.5) is 0 Å². The number of rotatable bonds is 7. The van der Waals surface area contributed by atoms with E-state index in [0.717, 1.165) is 12.2 Å². The summed E-state index contributed by atoms with van der Waals surface area (Å²) in [5, 5.41) is 3.04. The van der Waals surface area contributed by atoms with Gasteiger partial charge in [0, 0.05) is 24.3 Å². The zero-order chi connectivity index (χ0) is 11.3. The van der Waals surface area contributed by atoms with E-state index in [2.05, 4.69) is 18.5 Å². The zero-order valence-corrected chi connectivity index (χ0v) is 10.5. The highest BCUT2D eigenvalue weighted by atomic mass is 32.2. The Hall–Kier alpha value is -0.220. The van der Waals surface area contributed by atoms with Gasteiger partial charge < -0.3 is 11.1 Å². The normalized spacial score (nSPS) is 19.7. The van der Waals surface area contributed by atoms with Crippen molar-refractivity contribution in [3.63, 3.8) is 0 Å². The summed E-state index contributed by atoms with van der Waals surface area (Å²) in [7, 11) is 0. The van der Waals surface area contributed by atoms with Gasteiger partial charge in [-0.05, 0) is 31.4 Å². The highest BCUT2D eigenvalue weighted by Gasteiger charge is 2.29. The number of amides is 1. The molecule has 0 aromatic heterocycles. The molecule has 3 nitrogen and oxygen atoms in total. The van der Waals surface area contributed by atoms with E-state index in [1.54, 1.807) is 11.8 Å². The van der Waals surface area contributed by atoms with Crippen LogP contribution in [0.15, 0.2) is 0 Å². The number of carbonyl (C=O) groups excluding carboxylic acids is 1. The molecular formula is C11H22N2OS. The topological polar surface area (TPSA) is 55.1 Å². The van der Waals surface area contributed by atoms with Crippen molar-refractivity contribution in [2.45, 2.75) is 44.7 Å². The van der Waals surface area contributed by atoms with Gasteiger partial charge >= 0.3 is 0 Å². The fourth-order valence-electron chi connectivity index (χ4n) is 1.65. The standard InChI is InChI=1S/C11H22N2OS/c1-3-9(7-15-2)13-11(14)6-10(12)8-4-5-8/h8-10H,3-7,12H2,1-2H3,(H,13,14). The minimum Gasteiger partial charge on any atom is -0.353 e. The van der Waals surface area contributed by atoms with Crippen molar-refractivity contribution in [2.24, 2.45) is 11.7 Å². The molecule has 1 aliphatic rings. The van der Waals surface area contributed by atoms with E-state index in [9.17, 15) is 4.79 Å². The molecule has 0 spiro atoms. The molecule has 1 rings (SSSR count). The summed E-state index contributed by atoms with van der Waals surface area (Å²) in [5.74, 6) is 1.72. The van der Waals surface area contributed by atoms with Gasteiger partial charge in [0.15, 0.2) is 0 Å². The average molecular weight is 230 g/mol. The third-order valence-electron chi connectivity index (χ3n) is 2.87. The number of hydrogen-bond donors (Lipinski definition) is 2. The van der Waals surface area contributed by atoms with Crippen LogP contribution >= 0.6 is 11.8 Å². The number of nitrogens with one attached hydrogen (secondary N) is 1. The Kier molecular flexibility index (Phi) is 5.47. The van der Waals surface area contributed by atoms with Gasteiger partial charge in [-0.25, -0.2) is 0 Å². The number of nitrogens with two attached hydrogens (primary N) is 1. The molecule has 1 amide bonds. The average Bonchev–Trinajstić information content (AvgIpc) is 2.99. The lowest BCUT2D eigenvalue weighted by Gasteiger charge is -2.17. The largest absolute Gasteiger partial charge is 0.353 e. The quantitative estimate of drug-likeness (QED) is 0.694. The van der Waals surface area contributed by atoms with E-state index in [0.29, 0.717) is 18.4 Å². The van der Waals surface area contributed by atoms with Gasteiger partial charge in [-0.1, -0.05) is 6.92 Å². The minimum atomic E-state index is 0.0804. The smallest absolute Gasteiger partial charge is 0.221 e. The molecule has 0 aromatic carbocycles. The maximum Gasteiger partial charge on any atom is 0.221 e. The lowest BCUT2D eigenvalue weighted by Crippen LogP contribution is -2.39. The lowest BCUT2D eigenvalue weighted by atomic mass is 10.1. The molecule has 4 heteroatoms. The van der Waals surface area contributed by atoms with E-state index in [1.165, 1.54) is 12.8 Å². The first-order valence-electron chi connectivity index (χ1n) is 5.71. The van der Waals surface area contributed by atoms with Crippen molar-refractivity contribution in [1.29, 1.82) is 0 Å². The number of thioether (sulfide) groups is 1. The molecule has 3 N–H and O–H groups in total. The van der Waals surface area contributed by atoms with Gasteiger partial charge in [0.05, 0.1) is 0 Å². The summed E-state index contributed by atoms with van der Waals surface area (Å²) in [4.78, 5) is 11.6. The molecule has 0 radical (unpaired) electrons. The SMILES string of the molecule is CCC(CSC)NC(=O)CC(N)C1CC1. The number of carbonyl (C=O) groups is 1. The monoisotopic (exact) mass is 230 g/mol. The van der Waals surface area contributed by atoms with E-state index in [4.69, 9.17) is 5.73 Å².